The average Bonchev–Trinajstić information content (AvgIpc) is 3.14. The van der Waals surface area contributed by atoms with Gasteiger partial charge in [0, 0.05) is 18.2 Å². The van der Waals surface area contributed by atoms with E-state index in [2.05, 4.69) is 37.9 Å². The highest BCUT2D eigenvalue weighted by Gasteiger charge is 2.48. The molecule has 36 heavy (non-hydrogen) atoms. The number of aliphatic hydroxyl groups excluding tert-OH is 4. The Labute approximate surface area is 210 Å². The van der Waals surface area contributed by atoms with E-state index in [4.69, 9.17) is 9.47 Å². The molecule has 206 valence electrons. The van der Waals surface area contributed by atoms with Crippen molar-refractivity contribution in [3.05, 3.63) is 24.2 Å². The first-order valence-electron chi connectivity index (χ1n) is 10.4. The molecule has 0 spiro atoms. The van der Waals surface area contributed by atoms with Crippen molar-refractivity contribution < 1.29 is 67.0 Å². The number of hydrogen-bond acceptors (Lipinski definition) is 14. The number of amides is 1. The molecule has 0 bridgehead atoms. The summed E-state index contributed by atoms with van der Waals surface area (Å²) in [6, 6.07) is 0. The fourth-order valence-corrected chi connectivity index (χ4v) is 6.06. The van der Waals surface area contributed by atoms with Crippen molar-refractivity contribution in [1.82, 2.24) is 10.2 Å². The third-order valence-corrected chi connectivity index (χ3v) is 8.71. The van der Waals surface area contributed by atoms with E-state index in [1.165, 1.54) is 11.1 Å². The van der Waals surface area contributed by atoms with Crippen LogP contribution in [0.3, 0.4) is 0 Å². The third kappa shape index (κ3) is 6.95. The maximum absolute atomic E-state index is 12.2. The first-order valence-corrected chi connectivity index (χ1v) is 14.0. The van der Waals surface area contributed by atoms with Crippen LogP contribution in [0.25, 0.3) is 0 Å². The second-order valence-electron chi connectivity index (χ2n) is 8.17. The van der Waals surface area contributed by atoms with E-state index in [0.717, 1.165) is 0 Å². The van der Waals surface area contributed by atoms with Gasteiger partial charge in [-0.2, -0.15) is 16.9 Å². The van der Waals surface area contributed by atoms with Crippen molar-refractivity contribution >= 4 is 34.2 Å². The second kappa shape index (κ2) is 11.5. The lowest BCUT2D eigenvalue weighted by Gasteiger charge is -2.40. The Balaban J connectivity index is 1.56. The highest BCUT2D eigenvalue weighted by molar-refractivity contribution is 7.81. The van der Waals surface area contributed by atoms with Crippen molar-refractivity contribution in [1.29, 1.82) is 0 Å². The Hall–Kier alpha value is -0.880. The molecule has 16 nitrogen and oxygen atoms in total. The molecule has 0 radical (unpaired) electrons. The summed E-state index contributed by atoms with van der Waals surface area (Å²) in [4.78, 5) is 32.9. The number of rotatable bonds is 9. The molecule has 0 aromatic heterocycles. The highest BCUT2D eigenvalue weighted by Crippen LogP contribution is 2.61. The molecule has 1 amide bonds. The summed E-state index contributed by atoms with van der Waals surface area (Å²) in [5.74, 6) is -0.175. The summed E-state index contributed by atoms with van der Waals surface area (Å²) in [5.41, 5.74) is 0.349. The largest absolute Gasteiger partial charge is 0.483 e. The summed E-state index contributed by atoms with van der Waals surface area (Å²) < 4.78 is 48.6. The van der Waals surface area contributed by atoms with E-state index in [9.17, 15) is 44.1 Å². The number of phosphoric ester groups is 2. The number of carbonyl (C=O) groups excluding carboxylic acids is 1. The van der Waals surface area contributed by atoms with E-state index in [0.29, 0.717) is 5.57 Å². The average molecular weight is 578 g/mol. The second-order valence-corrected chi connectivity index (χ2v) is 11.8. The predicted molar refractivity (Wildman–Crippen MR) is 120 cm³/mol. The molecule has 2 fully saturated rings. The van der Waals surface area contributed by atoms with Crippen LogP contribution >= 0.6 is 28.3 Å². The molecule has 0 aromatic rings. The van der Waals surface area contributed by atoms with Gasteiger partial charge in [0.1, 0.15) is 24.3 Å². The van der Waals surface area contributed by atoms with Gasteiger partial charge in [0.25, 0.3) is 5.91 Å². The minimum absolute atomic E-state index is 0.00226. The number of thiol groups is 1. The summed E-state index contributed by atoms with van der Waals surface area (Å²) in [5, 5.41) is 40.9. The van der Waals surface area contributed by atoms with Crippen LogP contribution in [-0.2, 0) is 36.8 Å². The first-order chi connectivity index (χ1) is 16.6. The van der Waals surface area contributed by atoms with Gasteiger partial charge in [0.2, 0.25) is 0 Å². The number of carbonyl (C=O) groups is 1. The Morgan fingerprint density at radius 2 is 1.86 bits per heavy atom. The lowest BCUT2D eigenvalue weighted by atomic mass is 10.0. The van der Waals surface area contributed by atoms with Gasteiger partial charge in [0.15, 0.2) is 6.29 Å². The third-order valence-electron chi connectivity index (χ3n) is 5.47. The molecule has 0 aliphatic carbocycles. The van der Waals surface area contributed by atoms with Crippen molar-refractivity contribution in [2.24, 2.45) is 0 Å². The standard InChI is InChI=1S/C17H28N2O14P2S/c1-7-4-19(8(2)18-16(7)24)12-3-9(21)11(30-12)6-29-34(25,26)33-35(27,28)32-17-14(23)13(22)15(36)10(5-20)31-17/h4,9-15,17,20-23,36H,2-3,5-6H2,1H3,(H,18,24)(H,25,26)(H,27,28)/t9-,10?,11-,12-,13-,14?,15+,17+/m1/s1. The van der Waals surface area contributed by atoms with Crippen LogP contribution in [0.2, 0.25) is 0 Å². The molecule has 10 atom stereocenters. The molecule has 0 aromatic carbocycles. The summed E-state index contributed by atoms with van der Waals surface area (Å²) >= 11 is 3.96. The molecule has 3 aliphatic rings. The minimum Gasteiger partial charge on any atom is -0.394 e. The monoisotopic (exact) mass is 578 g/mol. The molecule has 19 heteroatoms. The van der Waals surface area contributed by atoms with Gasteiger partial charge in [-0.25, -0.2) is 9.13 Å². The van der Waals surface area contributed by atoms with E-state index >= 15 is 0 Å². The maximum atomic E-state index is 12.2. The Bertz CT molecular complexity index is 981. The SMILES string of the molecule is C=C1NC(=O)C(C)=CN1[C@H]1C[C@@H](O)[C@@H](COP(=O)(O)OP(=O)(O)O[C@@H]2OC(CO)[C@H](S)[C@H](O)C2O)O1. The zero-order chi connectivity index (χ0) is 27.0. The number of aliphatic hydroxyl groups is 4. The molecule has 4 unspecified atom stereocenters. The van der Waals surface area contributed by atoms with Crippen molar-refractivity contribution in [3.63, 3.8) is 0 Å². The number of nitrogens with one attached hydrogen (secondary N) is 1. The first kappa shape index (κ1) is 29.7. The summed E-state index contributed by atoms with van der Waals surface area (Å²) in [6.07, 6.45) is -8.49. The lowest BCUT2D eigenvalue weighted by Crippen LogP contribution is -2.57. The minimum atomic E-state index is -5.45. The molecule has 2 saturated heterocycles. The van der Waals surface area contributed by atoms with Gasteiger partial charge in [-0.1, -0.05) is 6.58 Å². The number of nitrogens with zero attached hydrogens (tertiary/aromatic N) is 1. The number of hydrogen-bond donors (Lipinski definition) is 8. The smallest absolute Gasteiger partial charge is 0.394 e. The topological polar surface area (TPSA) is 234 Å². The van der Waals surface area contributed by atoms with Gasteiger partial charge in [-0.3, -0.25) is 13.8 Å². The van der Waals surface area contributed by atoms with Crippen molar-refractivity contribution in [3.8, 4) is 0 Å². The molecular weight excluding hydrogens is 550 g/mol. The number of phosphoric acid groups is 2. The normalized spacial score (nSPS) is 38.8. The highest BCUT2D eigenvalue weighted by atomic mass is 32.1. The Morgan fingerprint density at radius 1 is 1.19 bits per heavy atom. The van der Waals surface area contributed by atoms with E-state index in [1.54, 1.807) is 6.92 Å². The molecule has 0 saturated carbocycles. The molecule has 3 aliphatic heterocycles. The van der Waals surface area contributed by atoms with Crippen LogP contribution < -0.4 is 5.32 Å². The van der Waals surface area contributed by atoms with Gasteiger partial charge in [-0.05, 0) is 6.92 Å². The molecule has 3 heterocycles. The maximum Gasteiger partial charge on any atom is 0.483 e. The van der Waals surface area contributed by atoms with Crippen LogP contribution in [0.5, 0.6) is 0 Å². The quantitative estimate of drug-likeness (QED) is 0.112. The van der Waals surface area contributed by atoms with Gasteiger partial charge >= 0.3 is 15.6 Å². The Morgan fingerprint density at radius 3 is 2.50 bits per heavy atom. The van der Waals surface area contributed by atoms with Crippen LogP contribution in [-0.4, -0.2) is 103 Å². The summed E-state index contributed by atoms with van der Waals surface area (Å²) in [6.45, 7) is 3.80. The number of ether oxygens (including phenoxy) is 2. The zero-order valence-corrected chi connectivity index (χ0v) is 21.4. The van der Waals surface area contributed by atoms with Crippen LogP contribution in [0, 0.1) is 0 Å². The lowest BCUT2D eigenvalue weighted by molar-refractivity contribution is -0.241. The fraction of sp³-hybridized carbons (Fsp3) is 0.706. The Kier molecular flexibility index (Phi) is 9.46. The fourth-order valence-electron chi connectivity index (χ4n) is 3.56. The van der Waals surface area contributed by atoms with E-state index < -0.39 is 77.1 Å². The van der Waals surface area contributed by atoms with Crippen molar-refractivity contribution in [2.45, 2.75) is 61.6 Å². The molecule has 3 rings (SSSR count). The van der Waals surface area contributed by atoms with E-state index in [-0.39, 0.29) is 18.1 Å². The van der Waals surface area contributed by atoms with Gasteiger partial charge < -0.3 is 49.9 Å². The van der Waals surface area contributed by atoms with Crippen LogP contribution in [0.15, 0.2) is 24.2 Å². The van der Waals surface area contributed by atoms with Crippen LogP contribution in [0.1, 0.15) is 13.3 Å². The van der Waals surface area contributed by atoms with Gasteiger partial charge in [-0.15, -0.1) is 0 Å². The van der Waals surface area contributed by atoms with E-state index in [1.807, 2.05) is 0 Å². The predicted octanol–water partition coefficient (Wildman–Crippen LogP) is -1.74. The van der Waals surface area contributed by atoms with Gasteiger partial charge in [0.05, 0.1) is 36.8 Å². The summed E-state index contributed by atoms with van der Waals surface area (Å²) in [7, 11) is -10.8. The van der Waals surface area contributed by atoms with Crippen molar-refractivity contribution in [2.75, 3.05) is 13.2 Å². The van der Waals surface area contributed by atoms with Crippen LogP contribution in [0.4, 0.5) is 0 Å². The zero-order valence-electron chi connectivity index (χ0n) is 18.8. The molecular formula is C17H28N2O14P2S. The molecule has 7 N–H and O–H groups in total.